The molecule has 1 aromatic heterocycles. The Morgan fingerprint density at radius 2 is 2.00 bits per heavy atom. The van der Waals surface area contributed by atoms with Crippen molar-refractivity contribution in [2.75, 3.05) is 7.11 Å². The molecule has 0 atom stereocenters. The molecule has 132 valence electrons. The molecule has 0 saturated heterocycles. The van der Waals surface area contributed by atoms with Gasteiger partial charge in [0, 0.05) is 11.9 Å². The van der Waals surface area contributed by atoms with Crippen molar-refractivity contribution in [3.8, 4) is 17.2 Å². The highest BCUT2D eigenvalue weighted by Crippen LogP contribution is 2.16. The number of ether oxygens (including phenoxy) is 1. The van der Waals surface area contributed by atoms with E-state index in [-0.39, 0.29) is 18.1 Å². The summed E-state index contributed by atoms with van der Waals surface area (Å²) in [5, 5.41) is 13.4. The van der Waals surface area contributed by atoms with E-state index in [0.717, 1.165) is 16.9 Å². The summed E-state index contributed by atoms with van der Waals surface area (Å²) in [6, 6.07) is 17.9. The van der Waals surface area contributed by atoms with Crippen LogP contribution in [0.25, 0.3) is 5.69 Å². The normalized spacial score (nSPS) is 10.8. The van der Waals surface area contributed by atoms with E-state index in [1.54, 1.807) is 37.6 Å². The first kappa shape index (κ1) is 17.3. The molecule has 3 rings (SSSR count). The molecule has 0 radical (unpaired) electrons. The van der Waals surface area contributed by atoms with E-state index in [1.807, 2.05) is 47.2 Å². The fraction of sp³-hybridized carbons (Fsp3) is 0.100. The fourth-order valence-electron chi connectivity index (χ4n) is 2.53. The summed E-state index contributed by atoms with van der Waals surface area (Å²) < 4.78 is 7.05. The number of nitrogens with one attached hydrogen (secondary N) is 1. The standard InChI is InChI=1S/C20H19N3O3/c1-26-19-6-2-4-15(12-19)13-20(25)22-21-14-17-5-3-11-23(17)16-7-9-18(24)10-8-16/h2-12,14,24H,13H2,1H3,(H,22,25)/b21-14+. The zero-order chi connectivity index (χ0) is 18.4. The quantitative estimate of drug-likeness (QED) is 0.531. The zero-order valence-corrected chi connectivity index (χ0v) is 14.3. The molecule has 1 amide bonds. The number of hydrazone groups is 1. The highest BCUT2D eigenvalue weighted by atomic mass is 16.5. The van der Waals surface area contributed by atoms with Crippen LogP contribution in [0.2, 0.25) is 0 Å². The van der Waals surface area contributed by atoms with E-state index in [0.29, 0.717) is 5.75 Å². The number of benzene rings is 2. The predicted octanol–water partition coefficient (Wildman–Crippen LogP) is 2.88. The third-order valence-electron chi connectivity index (χ3n) is 3.79. The Morgan fingerprint density at radius 1 is 1.19 bits per heavy atom. The second-order valence-electron chi connectivity index (χ2n) is 5.64. The Bertz CT molecular complexity index is 914. The van der Waals surface area contributed by atoms with Crippen LogP contribution in [-0.2, 0) is 11.2 Å². The van der Waals surface area contributed by atoms with Gasteiger partial charge in [-0.2, -0.15) is 5.10 Å². The number of phenolic OH excluding ortho intramolecular Hbond substituents is 1. The topological polar surface area (TPSA) is 75.8 Å². The van der Waals surface area contributed by atoms with Gasteiger partial charge in [-0.3, -0.25) is 4.79 Å². The fourth-order valence-corrected chi connectivity index (χ4v) is 2.53. The van der Waals surface area contributed by atoms with Crippen molar-refractivity contribution in [1.82, 2.24) is 9.99 Å². The number of aromatic nitrogens is 1. The number of carbonyl (C=O) groups is 1. The van der Waals surface area contributed by atoms with Gasteiger partial charge in [-0.1, -0.05) is 12.1 Å². The lowest BCUT2D eigenvalue weighted by Crippen LogP contribution is -2.20. The van der Waals surface area contributed by atoms with Crippen molar-refractivity contribution in [1.29, 1.82) is 0 Å². The summed E-state index contributed by atoms with van der Waals surface area (Å²) in [6.07, 6.45) is 3.68. The number of nitrogens with zero attached hydrogens (tertiary/aromatic N) is 2. The summed E-state index contributed by atoms with van der Waals surface area (Å²) in [4.78, 5) is 12.0. The van der Waals surface area contributed by atoms with Crippen molar-refractivity contribution < 1.29 is 14.6 Å². The largest absolute Gasteiger partial charge is 0.508 e. The molecule has 0 aliphatic rings. The Kier molecular flexibility index (Phi) is 5.34. The summed E-state index contributed by atoms with van der Waals surface area (Å²) in [5.41, 5.74) is 5.07. The monoisotopic (exact) mass is 349 g/mol. The SMILES string of the molecule is COc1cccc(CC(=O)N/N=C/c2cccn2-c2ccc(O)cc2)c1. The summed E-state index contributed by atoms with van der Waals surface area (Å²) in [6.45, 7) is 0. The maximum Gasteiger partial charge on any atom is 0.244 e. The van der Waals surface area contributed by atoms with Gasteiger partial charge in [0.1, 0.15) is 11.5 Å². The molecule has 0 bridgehead atoms. The first-order valence-electron chi connectivity index (χ1n) is 8.07. The Balaban J connectivity index is 1.63. The molecule has 0 aliphatic heterocycles. The van der Waals surface area contributed by atoms with Crippen LogP contribution >= 0.6 is 0 Å². The van der Waals surface area contributed by atoms with E-state index in [2.05, 4.69) is 10.5 Å². The van der Waals surface area contributed by atoms with Gasteiger partial charge in [0.15, 0.2) is 0 Å². The molecule has 0 aliphatic carbocycles. The van der Waals surface area contributed by atoms with Gasteiger partial charge in [0.2, 0.25) is 5.91 Å². The van der Waals surface area contributed by atoms with Crippen LogP contribution in [0.3, 0.4) is 0 Å². The van der Waals surface area contributed by atoms with Crippen LogP contribution in [-0.4, -0.2) is 28.9 Å². The van der Waals surface area contributed by atoms with Gasteiger partial charge >= 0.3 is 0 Å². The molecule has 1 heterocycles. The van der Waals surface area contributed by atoms with Crippen molar-refractivity contribution in [2.24, 2.45) is 5.10 Å². The third-order valence-corrected chi connectivity index (χ3v) is 3.79. The second kappa shape index (κ2) is 8.02. The summed E-state index contributed by atoms with van der Waals surface area (Å²) in [7, 11) is 1.59. The summed E-state index contributed by atoms with van der Waals surface area (Å²) >= 11 is 0. The number of amides is 1. The molecule has 2 N–H and O–H groups in total. The van der Waals surface area contributed by atoms with Gasteiger partial charge in [-0.05, 0) is 54.1 Å². The maximum atomic E-state index is 12.0. The first-order chi connectivity index (χ1) is 12.7. The number of carbonyl (C=O) groups excluding carboxylic acids is 1. The lowest BCUT2D eigenvalue weighted by Gasteiger charge is -2.06. The molecule has 26 heavy (non-hydrogen) atoms. The van der Waals surface area contributed by atoms with Crippen LogP contribution in [0.5, 0.6) is 11.5 Å². The molecule has 6 nitrogen and oxygen atoms in total. The van der Waals surface area contributed by atoms with Gasteiger partial charge in [0.05, 0.1) is 25.4 Å². The molecule has 2 aromatic carbocycles. The molecule has 6 heteroatoms. The van der Waals surface area contributed by atoms with Crippen molar-refractivity contribution in [3.63, 3.8) is 0 Å². The number of rotatable bonds is 6. The molecule has 0 saturated carbocycles. The van der Waals surface area contributed by atoms with Crippen molar-refractivity contribution >= 4 is 12.1 Å². The number of hydrogen-bond acceptors (Lipinski definition) is 4. The number of methoxy groups -OCH3 is 1. The highest BCUT2D eigenvalue weighted by Gasteiger charge is 2.04. The lowest BCUT2D eigenvalue weighted by atomic mass is 10.1. The maximum absolute atomic E-state index is 12.0. The molecule has 0 fully saturated rings. The highest BCUT2D eigenvalue weighted by molar-refractivity contribution is 5.82. The minimum Gasteiger partial charge on any atom is -0.508 e. The van der Waals surface area contributed by atoms with Crippen molar-refractivity contribution in [2.45, 2.75) is 6.42 Å². The van der Waals surface area contributed by atoms with Crippen LogP contribution in [0.1, 0.15) is 11.3 Å². The van der Waals surface area contributed by atoms with E-state index >= 15 is 0 Å². The van der Waals surface area contributed by atoms with E-state index < -0.39 is 0 Å². The predicted molar refractivity (Wildman–Crippen MR) is 99.9 cm³/mol. The minimum atomic E-state index is -0.211. The Labute approximate surface area is 151 Å². The van der Waals surface area contributed by atoms with Crippen molar-refractivity contribution in [3.05, 3.63) is 78.1 Å². The zero-order valence-electron chi connectivity index (χ0n) is 14.3. The molecule has 0 spiro atoms. The van der Waals surface area contributed by atoms with E-state index in [9.17, 15) is 9.90 Å². The molecule has 0 unspecified atom stereocenters. The average Bonchev–Trinajstić information content (AvgIpc) is 3.11. The van der Waals surface area contributed by atoms with Crippen LogP contribution in [0.4, 0.5) is 0 Å². The molecule has 3 aromatic rings. The third kappa shape index (κ3) is 4.30. The average molecular weight is 349 g/mol. The minimum absolute atomic E-state index is 0.209. The van der Waals surface area contributed by atoms with Gasteiger partial charge in [-0.15, -0.1) is 0 Å². The number of aromatic hydroxyl groups is 1. The van der Waals surface area contributed by atoms with Gasteiger partial charge in [-0.25, -0.2) is 5.43 Å². The Hall–Kier alpha value is -3.54. The van der Waals surface area contributed by atoms with E-state index in [4.69, 9.17) is 4.74 Å². The first-order valence-corrected chi connectivity index (χ1v) is 8.07. The van der Waals surface area contributed by atoms with Crippen LogP contribution in [0, 0.1) is 0 Å². The smallest absolute Gasteiger partial charge is 0.244 e. The molecular formula is C20H19N3O3. The van der Waals surface area contributed by atoms with Gasteiger partial charge in [0.25, 0.3) is 0 Å². The van der Waals surface area contributed by atoms with Gasteiger partial charge < -0.3 is 14.4 Å². The van der Waals surface area contributed by atoms with Crippen LogP contribution in [0.15, 0.2) is 72.0 Å². The Morgan fingerprint density at radius 3 is 2.77 bits per heavy atom. The summed E-state index contributed by atoms with van der Waals surface area (Å²) in [5.74, 6) is 0.712. The number of phenols is 1. The van der Waals surface area contributed by atoms with Crippen LogP contribution < -0.4 is 10.2 Å². The van der Waals surface area contributed by atoms with E-state index in [1.165, 1.54) is 0 Å². The lowest BCUT2D eigenvalue weighted by molar-refractivity contribution is -0.120. The molecular weight excluding hydrogens is 330 g/mol. The second-order valence-corrected chi connectivity index (χ2v) is 5.64. The number of hydrogen-bond donors (Lipinski definition) is 2.